The molecule has 2 aromatic rings. The minimum Gasteiger partial charge on any atom is -0.458 e. The lowest BCUT2D eigenvalue weighted by Gasteiger charge is -2.28. The fraction of sp³-hybridized carbons (Fsp3) is 0.474. The number of thiazole rings is 1. The van der Waals surface area contributed by atoms with Gasteiger partial charge in [-0.2, -0.15) is 0 Å². The van der Waals surface area contributed by atoms with E-state index in [1.54, 1.807) is 19.2 Å². The number of esters is 1. The second-order valence-electron chi connectivity index (χ2n) is 6.27. The van der Waals surface area contributed by atoms with E-state index in [-0.39, 0.29) is 30.1 Å². The summed E-state index contributed by atoms with van der Waals surface area (Å²) in [4.78, 5) is 17.6. The number of hydrogen-bond acceptors (Lipinski definition) is 6. The number of aromatic nitrogens is 1. The summed E-state index contributed by atoms with van der Waals surface area (Å²) in [7, 11) is 1.62. The molecule has 1 aromatic carbocycles. The number of carbonyl (C=O) groups is 1. The Morgan fingerprint density at radius 3 is 2.85 bits per heavy atom. The topological polar surface area (TPSA) is 57.7 Å². The maximum absolute atomic E-state index is 13.2. The van der Waals surface area contributed by atoms with Gasteiger partial charge < -0.3 is 14.2 Å². The SMILES string of the molecule is COC(COC(=O)c1nc(C)sc1-c1ccc(F)cc1)C1CCCOC1. The highest BCUT2D eigenvalue weighted by molar-refractivity contribution is 7.15. The highest BCUT2D eigenvalue weighted by atomic mass is 32.1. The van der Waals surface area contributed by atoms with Gasteiger partial charge in [-0.1, -0.05) is 12.1 Å². The third-order valence-corrected chi connectivity index (χ3v) is 5.46. The van der Waals surface area contributed by atoms with Gasteiger partial charge in [-0.05, 0) is 37.5 Å². The van der Waals surface area contributed by atoms with E-state index in [1.807, 2.05) is 6.92 Å². The molecule has 0 spiro atoms. The molecule has 2 atom stereocenters. The molecule has 0 N–H and O–H groups in total. The van der Waals surface area contributed by atoms with Crippen molar-refractivity contribution in [2.45, 2.75) is 25.9 Å². The van der Waals surface area contributed by atoms with E-state index in [9.17, 15) is 9.18 Å². The highest BCUT2D eigenvalue weighted by Gasteiger charge is 2.27. The standard InChI is InChI=1S/C19H22FNO4S/c1-12-21-17(18(26-12)13-5-7-15(20)8-6-13)19(22)25-11-16(23-2)14-4-3-9-24-10-14/h5-8,14,16H,3-4,9-11H2,1-2H3. The summed E-state index contributed by atoms with van der Waals surface area (Å²) in [6.07, 6.45) is 1.78. The maximum Gasteiger partial charge on any atom is 0.358 e. The number of methoxy groups -OCH3 is 1. The maximum atomic E-state index is 13.2. The quantitative estimate of drug-likeness (QED) is 0.714. The molecule has 0 saturated carbocycles. The predicted molar refractivity (Wildman–Crippen MR) is 96.9 cm³/mol. The Bertz CT molecular complexity index is 740. The van der Waals surface area contributed by atoms with Crippen molar-refractivity contribution in [3.05, 3.63) is 40.8 Å². The third kappa shape index (κ3) is 4.47. The summed E-state index contributed by atoms with van der Waals surface area (Å²) < 4.78 is 29.6. The van der Waals surface area contributed by atoms with E-state index < -0.39 is 5.97 Å². The van der Waals surface area contributed by atoms with Crippen molar-refractivity contribution in [3.8, 4) is 10.4 Å². The molecule has 7 heteroatoms. The normalized spacial score (nSPS) is 18.5. The van der Waals surface area contributed by atoms with Crippen LogP contribution in [0.15, 0.2) is 24.3 Å². The monoisotopic (exact) mass is 379 g/mol. The molecule has 26 heavy (non-hydrogen) atoms. The van der Waals surface area contributed by atoms with E-state index in [4.69, 9.17) is 14.2 Å². The van der Waals surface area contributed by atoms with Crippen LogP contribution in [0.25, 0.3) is 10.4 Å². The molecule has 1 fully saturated rings. The van der Waals surface area contributed by atoms with Crippen LogP contribution in [0.5, 0.6) is 0 Å². The number of aryl methyl sites for hydroxylation is 1. The first-order chi connectivity index (χ1) is 12.6. The molecular formula is C19H22FNO4S. The first-order valence-corrected chi connectivity index (χ1v) is 9.41. The van der Waals surface area contributed by atoms with Crippen molar-refractivity contribution < 1.29 is 23.4 Å². The molecule has 2 heterocycles. The van der Waals surface area contributed by atoms with Crippen LogP contribution < -0.4 is 0 Å². The minimum absolute atomic E-state index is 0.156. The van der Waals surface area contributed by atoms with Crippen LogP contribution in [0.1, 0.15) is 28.3 Å². The van der Waals surface area contributed by atoms with Gasteiger partial charge >= 0.3 is 5.97 Å². The lowest BCUT2D eigenvalue weighted by atomic mass is 9.96. The third-order valence-electron chi connectivity index (χ3n) is 4.44. The smallest absolute Gasteiger partial charge is 0.358 e. The van der Waals surface area contributed by atoms with Crippen LogP contribution >= 0.6 is 11.3 Å². The van der Waals surface area contributed by atoms with Gasteiger partial charge in [-0.15, -0.1) is 11.3 Å². The fourth-order valence-electron chi connectivity index (χ4n) is 3.04. The van der Waals surface area contributed by atoms with Crippen LogP contribution in [-0.2, 0) is 14.2 Å². The van der Waals surface area contributed by atoms with Crippen LogP contribution in [0, 0.1) is 18.7 Å². The van der Waals surface area contributed by atoms with Crippen molar-refractivity contribution in [1.29, 1.82) is 0 Å². The lowest BCUT2D eigenvalue weighted by molar-refractivity contribution is -0.0562. The molecular weight excluding hydrogens is 357 g/mol. The number of benzene rings is 1. The molecule has 0 amide bonds. The Labute approximate surface area is 156 Å². The first-order valence-electron chi connectivity index (χ1n) is 8.59. The summed E-state index contributed by atoms with van der Waals surface area (Å²) in [5, 5.41) is 0.750. The molecule has 0 radical (unpaired) electrons. The van der Waals surface area contributed by atoms with Gasteiger partial charge in [0.25, 0.3) is 0 Å². The number of carbonyl (C=O) groups excluding carboxylic acids is 1. The van der Waals surface area contributed by atoms with Crippen LogP contribution in [0.2, 0.25) is 0 Å². The van der Waals surface area contributed by atoms with Crippen molar-refractivity contribution >= 4 is 17.3 Å². The average Bonchev–Trinajstić information content (AvgIpc) is 3.05. The van der Waals surface area contributed by atoms with E-state index in [0.29, 0.717) is 11.5 Å². The summed E-state index contributed by atoms with van der Waals surface area (Å²) in [5.41, 5.74) is 1.00. The average molecular weight is 379 g/mol. The molecule has 3 rings (SSSR count). The molecule has 140 valence electrons. The fourth-order valence-corrected chi connectivity index (χ4v) is 3.96. The van der Waals surface area contributed by atoms with E-state index >= 15 is 0 Å². The number of nitrogens with zero attached hydrogens (tertiary/aromatic N) is 1. The van der Waals surface area contributed by atoms with Gasteiger partial charge in [0.05, 0.1) is 22.6 Å². The number of hydrogen-bond donors (Lipinski definition) is 0. The van der Waals surface area contributed by atoms with Crippen molar-refractivity contribution in [3.63, 3.8) is 0 Å². The van der Waals surface area contributed by atoms with Gasteiger partial charge in [-0.25, -0.2) is 14.2 Å². The molecule has 1 aromatic heterocycles. The lowest BCUT2D eigenvalue weighted by Crippen LogP contribution is -2.34. The van der Waals surface area contributed by atoms with Gasteiger partial charge in [0.15, 0.2) is 5.69 Å². The van der Waals surface area contributed by atoms with Gasteiger partial charge in [0, 0.05) is 19.6 Å². The second kappa shape index (κ2) is 8.70. The molecule has 1 saturated heterocycles. The predicted octanol–water partition coefficient (Wildman–Crippen LogP) is 3.86. The van der Waals surface area contributed by atoms with Gasteiger partial charge in [0.2, 0.25) is 0 Å². The number of rotatable bonds is 6. The number of ether oxygens (including phenoxy) is 3. The zero-order valence-electron chi connectivity index (χ0n) is 14.9. The Kier molecular flexibility index (Phi) is 6.34. The molecule has 2 unspecified atom stereocenters. The highest BCUT2D eigenvalue weighted by Crippen LogP contribution is 2.31. The molecule has 1 aliphatic heterocycles. The van der Waals surface area contributed by atoms with Gasteiger partial charge in [-0.3, -0.25) is 0 Å². The van der Waals surface area contributed by atoms with Crippen LogP contribution in [0.4, 0.5) is 4.39 Å². The Balaban J connectivity index is 1.70. The van der Waals surface area contributed by atoms with E-state index in [2.05, 4.69) is 4.98 Å². The summed E-state index contributed by atoms with van der Waals surface area (Å²) in [6.45, 7) is 3.37. The summed E-state index contributed by atoms with van der Waals surface area (Å²) in [6, 6.07) is 6.00. The van der Waals surface area contributed by atoms with E-state index in [1.165, 1.54) is 23.5 Å². The molecule has 5 nitrogen and oxygen atoms in total. The second-order valence-corrected chi connectivity index (χ2v) is 7.47. The zero-order chi connectivity index (χ0) is 18.5. The Hall–Kier alpha value is -1.83. The summed E-state index contributed by atoms with van der Waals surface area (Å²) in [5.74, 6) is -0.598. The Morgan fingerprint density at radius 2 is 2.19 bits per heavy atom. The van der Waals surface area contributed by atoms with Crippen LogP contribution in [0.3, 0.4) is 0 Å². The molecule has 0 bridgehead atoms. The Morgan fingerprint density at radius 1 is 1.42 bits per heavy atom. The summed E-state index contributed by atoms with van der Waals surface area (Å²) >= 11 is 1.38. The molecule has 0 aliphatic carbocycles. The largest absolute Gasteiger partial charge is 0.458 e. The van der Waals surface area contributed by atoms with Crippen molar-refractivity contribution in [2.24, 2.45) is 5.92 Å². The number of halogens is 1. The minimum atomic E-state index is -0.493. The molecule has 1 aliphatic rings. The van der Waals surface area contributed by atoms with Crippen molar-refractivity contribution in [2.75, 3.05) is 26.9 Å². The zero-order valence-corrected chi connectivity index (χ0v) is 15.7. The van der Waals surface area contributed by atoms with Crippen LogP contribution in [-0.4, -0.2) is 44.0 Å². The first kappa shape index (κ1) is 18.9. The van der Waals surface area contributed by atoms with E-state index in [0.717, 1.165) is 30.0 Å². The van der Waals surface area contributed by atoms with Gasteiger partial charge in [0.1, 0.15) is 12.4 Å². The van der Waals surface area contributed by atoms with Crippen molar-refractivity contribution in [1.82, 2.24) is 4.98 Å².